The van der Waals surface area contributed by atoms with Gasteiger partial charge in [0, 0.05) is 0 Å². The third-order valence-corrected chi connectivity index (χ3v) is 0. The molecule has 0 aromatic rings. The zero-order valence-electron chi connectivity index (χ0n) is 4.15. The summed E-state index contributed by atoms with van der Waals surface area (Å²) in [5.41, 5.74) is 0. The molecule has 0 rings (SSSR count). The van der Waals surface area contributed by atoms with Crippen LogP contribution in [0.1, 0.15) is 28.7 Å². The molecule has 0 amide bonds. The van der Waals surface area contributed by atoms with E-state index in [1.54, 1.807) is 13.8 Å². The Kier molecular flexibility index (Phi) is 333. The summed E-state index contributed by atoms with van der Waals surface area (Å²) in [5.74, 6) is 0. The maximum absolute atomic E-state index is 6.08. The van der Waals surface area contributed by atoms with Crippen molar-refractivity contribution in [1.29, 1.82) is 10.8 Å². The molecule has 0 atom stereocenters. The highest BCUT2D eigenvalue weighted by atomic mass is 14.3. The maximum Gasteiger partial charge on any atom is -0.00788 e. The van der Waals surface area contributed by atoms with E-state index in [0.717, 1.165) is 0 Å². The molecule has 8 heavy (non-hydrogen) atoms. The van der Waals surface area contributed by atoms with Gasteiger partial charge in [0.25, 0.3) is 0 Å². The normalized spacial score (nSPS) is 3.25. The molecule has 0 saturated carbocycles. The minimum Gasteiger partial charge on any atom is -0.313 e. The monoisotopic (exact) mass is 118 g/mol. The molecule has 0 unspecified atom stereocenters. The maximum atomic E-state index is 6.08. The quantitative estimate of drug-likeness (QED) is 0.459. The van der Waals surface area contributed by atoms with Gasteiger partial charge in [0.2, 0.25) is 0 Å². The molecule has 0 heterocycles. The van der Waals surface area contributed by atoms with Gasteiger partial charge in [-0.1, -0.05) is 14.9 Å². The first-order chi connectivity index (χ1) is 2.83. The Balaban J connectivity index is -0.0000000160. The highest BCUT2D eigenvalue weighted by Gasteiger charge is 1.17. The summed E-state index contributed by atoms with van der Waals surface area (Å²) in [5, 5.41) is 12.2. The van der Waals surface area contributed by atoms with Gasteiger partial charge in [-0.3, -0.25) is 0 Å². The Morgan fingerprint density at radius 3 is 0.875 bits per heavy atom. The molecular formula is C6H18N2. The second-order valence-corrected chi connectivity index (χ2v) is 0.577. The van der Waals surface area contributed by atoms with Gasteiger partial charge in [0.05, 0.1) is 0 Å². The van der Waals surface area contributed by atoms with E-state index in [-0.39, 0.29) is 14.9 Å². The molecule has 0 bridgehead atoms. The van der Waals surface area contributed by atoms with Crippen molar-refractivity contribution in [3.05, 3.63) is 0 Å². The van der Waals surface area contributed by atoms with Crippen LogP contribution in [0.3, 0.4) is 0 Å². The van der Waals surface area contributed by atoms with Crippen molar-refractivity contribution in [2.24, 2.45) is 0 Å². The molecule has 0 aliphatic heterocycles. The Hall–Kier alpha value is -0.660. The van der Waals surface area contributed by atoms with Crippen molar-refractivity contribution in [3.63, 3.8) is 0 Å². The van der Waals surface area contributed by atoms with Crippen molar-refractivity contribution < 1.29 is 0 Å². The number of rotatable bonds is 0. The topological polar surface area (TPSA) is 47.7 Å². The van der Waals surface area contributed by atoms with E-state index in [9.17, 15) is 0 Å². The van der Waals surface area contributed by atoms with Gasteiger partial charge in [-0.25, -0.2) is 0 Å². The third-order valence-electron chi connectivity index (χ3n) is 0. The van der Waals surface area contributed by atoms with Gasteiger partial charge in [0.15, 0.2) is 0 Å². The molecule has 2 nitrogen and oxygen atoms in total. The molecule has 0 spiro atoms. The van der Waals surface area contributed by atoms with Gasteiger partial charge in [0.1, 0.15) is 0 Å². The SMILES string of the molecule is C.C.CC=N.CC=N. The van der Waals surface area contributed by atoms with Crippen LogP contribution >= 0.6 is 0 Å². The Morgan fingerprint density at radius 1 is 0.875 bits per heavy atom. The van der Waals surface area contributed by atoms with Crippen LogP contribution in [-0.4, -0.2) is 12.4 Å². The average molecular weight is 118 g/mol. The molecule has 0 aromatic heterocycles. The van der Waals surface area contributed by atoms with Crippen molar-refractivity contribution in [2.75, 3.05) is 0 Å². The molecule has 2 heteroatoms. The predicted molar refractivity (Wildman–Crippen MR) is 42.4 cm³/mol. The van der Waals surface area contributed by atoms with Crippen LogP contribution in [-0.2, 0) is 0 Å². The van der Waals surface area contributed by atoms with Gasteiger partial charge in [-0.15, -0.1) is 0 Å². The van der Waals surface area contributed by atoms with Crippen LogP contribution in [0.4, 0.5) is 0 Å². The Bertz CT molecular complexity index is 27.5. The van der Waals surface area contributed by atoms with E-state index in [1.165, 1.54) is 12.4 Å². The molecule has 0 aliphatic carbocycles. The third kappa shape index (κ3) is 231. The van der Waals surface area contributed by atoms with Crippen LogP contribution in [0.2, 0.25) is 0 Å². The summed E-state index contributed by atoms with van der Waals surface area (Å²) in [6, 6.07) is 0. The van der Waals surface area contributed by atoms with Gasteiger partial charge in [-0.05, 0) is 26.3 Å². The molecular weight excluding hydrogens is 100 g/mol. The lowest BCUT2D eigenvalue weighted by molar-refractivity contribution is 1.55. The molecule has 0 fully saturated rings. The molecule has 0 aliphatic rings. The standard InChI is InChI=1S/2C2H5N.2CH4/c2*1-2-3;;/h2*2-3H,1H3;2*1H4. The van der Waals surface area contributed by atoms with Gasteiger partial charge >= 0.3 is 0 Å². The number of hydrogen-bond donors (Lipinski definition) is 2. The lowest BCUT2D eigenvalue weighted by Crippen LogP contribution is -1.32. The Labute approximate surface area is 53.0 Å². The first kappa shape index (κ1) is 26.4. The first-order valence-electron chi connectivity index (χ1n) is 1.73. The van der Waals surface area contributed by atoms with Crippen molar-refractivity contribution in [3.8, 4) is 0 Å². The fourth-order valence-electron chi connectivity index (χ4n) is 0. The summed E-state index contributed by atoms with van der Waals surface area (Å²) >= 11 is 0. The van der Waals surface area contributed by atoms with E-state index >= 15 is 0 Å². The summed E-state index contributed by atoms with van der Waals surface area (Å²) in [6.07, 6.45) is 2.50. The minimum atomic E-state index is 0. The van der Waals surface area contributed by atoms with Crippen LogP contribution in [0, 0.1) is 10.8 Å². The zero-order chi connectivity index (χ0) is 5.41. The van der Waals surface area contributed by atoms with E-state index in [1.807, 2.05) is 0 Å². The fourth-order valence-corrected chi connectivity index (χ4v) is 0. The van der Waals surface area contributed by atoms with Crippen molar-refractivity contribution in [2.45, 2.75) is 28.7 Å². The second kappa shape index (κ2) is 101. The van der Waals surface area contributed by atoms with Crippen LogP contribution < -0.4 is 0 Å². The smallest absolute Gasteiger partial charge is 0.00788 e. The van der Waals surface area contributed by atoms with Gasteiger partial charge < -0.3 is 10.8 Å². The van der Waals surface area contributed by atoms with E-state index in [4.69, 9.17) is 10.8 Å². The van der Waals surface area contributed by atoms with Crippen LogP contribution in [0.25, 0.3) is 0 Å². The molecule has 2 N–H and O–H groups in total. The van der Waals surface area contributed by atoms with E-state index < -0.39 is 0 Å². The first-order valence-corrected chi connectivity index (χ1v) is 1.73. The van der Waals surface area contributed by atoms with Gasteiger partial charge in [-0.2, -0.15) is 0 Å². The number of hydrogen-bond acceptors (Lipinski definition) is 2. The summed E-state index contributed by atoms with van der Waals surface area (Å²) in [7, 11) is 0. The second-order valence-electron chi connectivity index (χ2n) is 0.577. The predicted octanol–water partition coefficient (Wildman–Crippen LogP) is 2.58. The zero-order valence-corrected chi connectivity index (χ0v) is 4.15. The van der Waals surface area contributed by atoms with Crippen molar-refractivity contribution in [1.82, 2.24) is 0 Å². The molecule has 52 valence electrons. The lowest BCUT2D eigenvalue weighted by atomic mass is 10.9. The molecule has 0 saturated heterocycles. The van der Waals surface area contributed by atoms with Crippen LogP contribution in [0.5, 0.6) is 0 Å². The molecule has 0 aromatic carbocycles. The highest BCUT2D eigenvalue weighted by Crippen LogP contribution is 1.17. The number of nitrogens with one attached hydrogen (secondary N) is 2. The minimum absolute atomic E-state index is 0. The summed E-state index contributed by atoms with van der Waals surface area (Å²) < 4.78 is 0. The summed E-state index contributed by atoms with van der Waals surface area (Å²) in [6.45, 7) is 3.33. The highest BCUT2D eigenvalue weighted by molar-refractivity contribution is 5.48. The largest absolute Gasteiger partial charge is 0.313 e. The van der Waals surface area contributed by atoms with E-state index in [2.05, 4.69) is 0 Å². The average Bonchev–Trinajstić information content (AvgIpc) is 1.39. The van der Waals surface area contributed by atoms with E-state index in [0.29, 0.717) is 0 Å². The van der Waals surface area contributed by atoms with Crippen molar-refractivity contribution >= 4 is 12.4 Å². The Morgan fingerprint density at radius 2 is 0.875 bits per heavy atom. The summed E-state index contributed by atoms with van der Waals surface area (Å²) in [4.78, 5) is 0. The van der Waals surface area contributed by atoms with Crippen LogP contribution in [0.15, 0.2) is 0 Å². The lowest BCUT2D eigenvalue weighted by Gasteiger charge is -1.30. The molecule has 0 radical (unpaired) electrons. The fraction of sp³-hybridized carbons (Fsp3) is 0.667.